The van der Waals surface area contributed by atoms with Gasteiger partial charge in [0, 0.05) is 18.2 Å². The molecule has 0 aliphatic carbocycles. The summed E-state index contributed by atoms with van der Waals surface area (Å²) < 4.78 is 5.45. The average Bonchev–Trinajstić information content (AvgIpc) is 2.87. The van der Waals surface area contributed by atoms with Crippen molar-refractivity contribution in [1.29, 1.82) is 0 Å². The molecule has 106 valence electrons. The third-order valence-electron chi connectivity index (χ3n) is 3.38. The molecule has 3 rings (SSSR count). The van der Waals surface area contributed by atoms with Gasteiger partial charge < -0.3 is 9.73 Å². The van der Waals surface area contributed by atoms with Gasteiger partial charge in [0.25, 0.3) is 5.91 Å². The number of nitrogens with zero attached hydrogens (tertiary/aromatic N) is 1. The number of carbonyl (C=O) groups is 1. The fraction of sp³-hybridized carbons (Fsp3) is 0.176. The van der Waals surface area contributed by atoms with Crippen LogP contribution >= 0.6 is 0 Å². The molecular weight excluding hydrogens is 264 g/mol. The molecule has 0 bridgehead atoms. The van der Waals surface area contributed by atoms with Gasteiger partial charge in [0.2, 0.25) is 0 Å². The smallest absolute Gasteiger partial charge is 0.255 e. The molecule has 1 aromatic heterocycles. The van der Waals surface area contributed by atoms with Crippen LogP contribution in [-0.2, 0) is 6.42 Å². The Labute approximate surface area is 122 Å². The van der Waals surface area contributed by atoms with Crippen molar-refractivity contribution in [3.05, 3.63) is 59.5 Å². The van der Waals surface area contributed by atoms with Crippen LogP contribution in [0.1, 0.15) is 28.7 Å². The van der Waals surface area contributed by atoms with Crippen molar-refractivity contribution in [3.8, 4) is 0 Å². The van der Waals surface area contributed by atoms with Gasteiger partial charge in [-0.25, -0.2) is 4.98 Å². The molecule has 21 heavy (non-hydrogen) atoms. The topological polar surface area (TPSA) is 55.1 Å². The fourth-order valence-electron chi connectivity index (χ4n) is 2.21. The maximum absolute atomic E-state index is 12.2. The minimum Gasteiger partial charge on any atom is -0.441 e. The van der Waals surface area contributed by atoms with E-state index in [4.69, 9.17) is 4.42 Å². The van der Waals surface area contributed by atoms with E-state index in [-0.39, 0.29) is 5.91 Å². The molecule has 0 unspecified atom stereocenters. The van der Waals surface area contributed by atoms with Gasteiger partial charge in [-0.15, -0.1) is 0 Å². The largest absolute Gasteiger partial charge is 0.441 e. The molecule has 3 aromatic rings. The molecule has 1 heterocycles. The zero-order valence-electron chi connectivity index (χ0n) is 12.0. The summed E-state index contributed by atoms with van der Waals surface area (Å²) in [5.41, 5.74) is 3.97. The van der Waals surface area contributed by atoms with Gasteiger partial charge in [-0.2, -0.15) is 0 Å². The lowest BCUT2D eigenvalue weighted by Gasteiger charge is -2.06. The Morgan fingerprint density at radius 2 is 1.95 bits per heavy atom. The number of nitrogens with one attached hydrogen (secondary N) is 1. The van der Waals surface area contributed by atoms with Crippen molar-refractivity contribution in [2.75, 3.05) is 5.32 Å². The fourth-order valence-corrected chi connectivity index (χ4v) is 2.21. The first kappa shape index (κ1) is 13.4. The first-order chi connectivity index (χ1) is 10.2. The third-order valence-corrected chi connectivity index (χ3v) is 3.38. The van der Waals surface area contributed by atoms with E-state index in [9.17, 15) is 4.79 Å². The molecule has 0 saturated heterocycles. The molecule has 0 saturated carbocycles. The van der Waals surface area contributed by atoms with Gasteiger partial charge in [0.15, 0.2) is 11.5 Å². The summed E-state index contributed by atoms with van der Waals surface area (Å²) in [6.07, 6.45) is 0.982. The zero-order chi connectivity index (χ0) is 14.8. The Balaban J connectivity index is 1.82. The van der Waals surface area contributed by atoms with E-state index in [1.165, 1.54) is 5.56 Å². The number of anilines is 1. The first-order valence-electron chi connectivity index (χ1n) is 6.93. The molecule has 4 heteroatoms. The van der Waals surface area contributed by atoms with Gasteiger partial charge in [-0.1, -0.05) is 19.1 Å². The molecule has 0 aliphatic heterocycles. The van der Waals surface area contributed by atoms with Gasteiger partial charge >= 0.3 is 0 Å². The van der Waals surface area contributed by atoms with Crippen molar-refractivity contribution in [2.24, 2.45) is 0 Å². The van der Waals surface area contributed by atoms with E-state index >= 15 is 0 Å². The second-order valence-corrected chi connectivity index (χ2v) is 4.92. The van der Waals surface area contributed by atoms with Crippen molar-refractivity contribution in [3.63, 3.8) is 0 Å². The highest BCUT2D eigenvalue weighted by molar-refractivity contribution is 6.05. The van der Waals surface area contributed by atoms with Gasteiger partial charge in [-0.05, 0) is 42.3 Å². The van der Waals surface area contributed by atoms with Crippen LogP contribution in [0.4, 0.5) is 5.69 Å². The zero-order valence-corrected chi connectivity index (χ0v) is 12.0. The Hall–Kier alpha value is -2.62. The Morgan fingerprint density at radius 3 is 2.67 bits per heavy atom. The number of amides is 1. The highest BCUT2D eigenvalue weighted by Crippen LogP contribution is 2.18. The highest BCUT2D eigenvalue weighted by atomic mass is 16.3. The van der Waals surface area contributed by atoms with Crippen LogP contribution in [-0.4, -0.2) is 10.9 Å². The number of aryl methyl sites for hydroxylation is 2. The number of hydrogen-bond donors (Lipinski definition) is 1. The Bertz CT molecular complexity index is 788. The van der Waals surface area contributed by atoms with E-state index in [0.717, 1.165) is 17.6 Å². The second kappa shape index (κ2) is 5.40. The van der Waals surface area contributed by atoms with Crippen LogP contribution in [0.2, 0.25) is 0 Å². The maximum atomic E-state index is 12.2. The molecule has 0 spiro atoms. The summed E-state index contributed by atoms with van der Waals surface area (Å²) in [6.45, 7) is 3.89. The quantitative estimate of drug-likeness (QED) is 0.790. The van der Waals surface area contributed by atoms with Crippen molar-refractivity contribution in [2.45, 2.75) is 20.3 Å². The SMILES string of the molecule is CCc1ccc(NC(=O)c2ccc3nc(C)oc3c2)cc1. The lowest BCUT2D eigenvalue weighted by atomic mass is 10.1. The number of carbonyl (C=O) groups excluding carboxylic acids is 1. The lowest BCUT2D eigenvalue weighted by molar-refractivity contribution is 0.102. The van der Waals surface area contributed by atoms with Crippen LogP contribution < -0.4 is 5.32 Å². The molecule has 1 amide bonds. The number of aromatic nitrogens is 1. The summed E-state index contributed by atoms with van der Waals surface area (Å²) in [6, 6.07) is 13.1. The molecular formula is C17H16N2O2. The van der Waals surface area contributed by atoms with Crippen LogP contribution in [0.15, 0.2) is 46.9 Å². The monoisotopic (exact) mass is 280 g/mol. The van der Waals surface area contributed by atoms with Gasteiger partial charge in [-0.3, -0.25) is 4.79 Å². The molecule has 2 aromatic carbocycles. The summed E-state index contributed by atoms with van der Waals surface area (Å²) in [5, 5.41) is 2.88. The average molecular weight is 280 g/mol. The number of benzene rings is 2. The van der Waals surface area contributed by atoms with Crippen molar-refractivity contribution in [1.82, 2.24) is 4.98 Å². The van der Waals surface area contributed by atoms with Crippen LogP contribution in [0.25, 0.3) is 11.1 Å². The second-order valence-electron chi connectivity index (χ2n) is 4.92. The molecule has 0 aliphatic rings. The standard InChI is InChI=1S/C17H16N2O2/c1-3-12-4-7-14(8-5-12)19-17(20)13-6-9-15-16(10-13)21-11(2)18-15/h4-10H,3H2,1-2H3,(H,19,20). The summed E-state index contributed by atoms with van der Waals surface area (Å²) in [4.78, 5) is 16.5. The molecule has 0 atom stereocenters. The highest BCUT2D eigenvalue weighted by Gasteiger charge is 2.09. The minimum absolute atomic E-state index is 0.157. The van der Waals surface area contributed by atoms with E-state index in [1.807, 2.05) is 24.3 Å². The Morgan fingerprint density at radius 1 is 1.19 bits per heavy atom. The maximum Gasteiger partial charge on any atom is 0.255 e. The van der Waals surface area contributed by atoms with Crippen molar-refractivity contribution >= 4 is 22.7 Å². The van der Waals surface area contributed by atoms with E-state index in [0.29, 0.717) is 17.0 Å². The molecule has 1 N–H and O–H groups in total. The molecule has 0 fully saturated rings. The number of oxazole rings is 1. The number of hydrogen-bond acceptors (Lipinski definition) is 3. The predicted octanol–water partition coefficient (Wildman–Crippen LogP) is 3.95. The molecule has 4 nitrogen and oxygen atoms in total. The van der Waals surface area contributed by atoms with Crippen LogP contribution in [0.5, 0.6) is 0 Å². The van der Waals surface area contributed by atoms with E-state index in [2.05, 4.69) is 17.2 Å². The van der Waals surface area contributed by atoms with Gasteiger partial charge in [0.1, 0.15) is 5.52 Å². The van der Waals surface area contributed by atoms with Crippen molar-refractivity contribution < 1.29 is 9.21 Å². The summed E-state index contributed by atoms with van der Waals surface area (Å²) in [5.74, 6) is 0.438. The summed E-state index contributed by atoms with van der Waals surface area (Å²) in [7, 11) is 0. The normalized spacial score (nSPS) is 10.8. The van der Waals surface area contributed by atoms with Crippen LogP contribution in [0, 0.1) is 6.92 Å². The van der Waals surface area contributed by atoms with Crippen LogP contribution in [0.3, 0.4) is 0 Å². The minimum atomic E-state index is -0.157. The van der Waals surface area contributed by atoms with E-state index < -0.39 is 0 Å². The lowest BCUT2D eigenvalue weighted by Crippen LogP contribution is -2.11. The third kappa shape index (κ3) is 2.79. The Kier molecular flexibility index (Phi) is 3.44. The summed E-state index contributed by atoms with van der Waals surface area (Å²) >= 11 is 0. The first-order valence-corrected chi connectivity index (χ1v) is 6.93. The van der Waals surface area contributed by atoms with E-state index in [1.54, 1.807) is 25.1 Å². The molecule has 0 radical (unpaired) electrons. The van der Waals surface area contributed by atoms with Gasteiger partial charge in [0.05, 0.1) is 0 Å². The number of fused-ring (bicyclic) bond motifs is 1. The number of rotatable bonds is 3. The predicted molar refractivity (Wildman–Crippen MR) is 82.5 cm³/mol.